The minimum atomic E-state index is -1.42. The van der Waals surface area contributed by atoms with E-state index in [4.69, 9.17) is 16.7 Å². The fourth-order valence-electron chi connectivity index (χ4n) is 3.69. The number of carbonyl (C=O) groups is 3. The van der Waals surface area contributed by atoms with E-state index in [1.165, 1.54) is 11.9 Å². The van der Waals surface area contributed by atoms with Crippen LogP contribution in [0.15, 0.2) is 24.3 Å². The number of carboxylic acids is 2. The van der Waals surface area contributed by atoms with E-state index in [-0.39, 0.29) is 12.8 Å². The van der Waals surface area contributed by atoms with Gasteiger partial charge in [-0.15, -0.1) is 0 Å². The summed E-state index contributed by atoms with van der Waals surface area (Å²) in [6.45, 7) is 0. The Morgan fingerprint density at radius 3 is 2.58 bits per heavy atom. The van der Waals surface area contributed by atoms with Gasteiger partial charge in [0.05, 0.1) is 0 Å². The largest absolute Gasteiger partial charge is 0.481 e. The van der Waals surface area contributed by atoms with Crippen molar-refractivity contribution in [2.24, 2.45) is 0 Å². The average Bonchev–Trinajstić information content (AvgIpc) is 2.57. The maximum atomic E-state index is 13.0. The number of carbonyl (C=O) groups excluding carboxylic acids is 1. The fraction of sp³-hybridized carbons (Fsp3) is 0.500. The molecule has 0 spiro atoms. The Kier molecular flexibility index (Phi) is 6.39. The first-order valence-electron chi connectivity index (χ1n) is 8.36. The smallest absolute Gasteiger partial charge is 0.320 e. The summed E-state index contributed by atoms with van der Waals surface area (Å²) in [6.07, 6.45) is -0.649. The van der Waals surface area contributed by atoms with Gasteiger partial charge in [0.1, 0.15) is 17.7 Å². The molecule has 2 rings (SSSR count). The highest BCUT2D eigenvalue weighted by Crippen LogP contribution is 2.43. The molecule has 0 heterocycles. The maximum absolute atomic E-state index is 13.0. The SMILES string of the molecule is CN([C@@H](CCC(=O)O)C(=O)O)[C@@]1(c2ccccc2Cl)CCC[C@H](O)C1=O. The molecule has 7 nitrogen and oxygen atoms in total. The van der Waals surface area contributed by atoms with Crippen molar-refractivity contribution in [3.05, 3.63) is 34.9 Å². The van der Waals surface area contributed by atoms with Gasteiger partial charge in [0, 0.05) is 11.4 Å². The number of carboxylic acid groups (broad SMARTS) is 2. The summed E-state index contributed by atoms with van der Waals surface area (Å²) in [5, 5.41) is 29.0. The summed E-state index contributed by atoms with van der Waals surface area (Å²) in [6, 6.07) is 5.43. The number of nitrogens with zero attached hydrogens (tertiary/aromatic N) is 1. The van der Waals surface area contributed by atoms with E-state index in [1.807, 2.05) is 0 Å². The lowest BCUT2D eigenvalue weighted by Gasteiger charge is -2.47. The summed E-state index contributed by atoms with van der Waals surface area (Å²) in [5.74, 6) is -2.86. The summed E-state index contributed by atoms with van der Waals surface area (Å²) in [7, 11) is 1.47. The zero-order valence-corrected chi connectivity index (χ0v) is 15.1. The molecule has 0 radical (unpaired) electrons. The van der Waals surface area contributed by atoms with E-state index in [0.717, 1.165) is 0 Å². The van der Waals surface area contributed by atoms with E-state index in [0.29, 0.717) is 29.8 Å². The van der Waals surface area contributed by atoms with Crippen molar-refractivity contribution in [3.63, 3.8) is 0 Å². The van der Waals surface area contributed by atoms with Crippen LogP contribution in [-0.2, 0) is 19.9 Å². The van der Waals surface area contributed by atoms with E-state index in [1.54, 1.807) is 24.3 Å². The molecule has 26 heavy (non-hydrogen) atoms. The topological polar surface area (TPSA) is 115 Å². The van der Waals surface area contributed by atoms with Crippen molar-refractivity contribution in [3.8, 4) is 0 Å². The zero-order valence-electron chi connectivity index (χ0n) is 14.4. The van der Waals surface area contributed by atoms with Crippen LogP contribution >= 0.6 is 11.6 Å². The van der Waals surface area contributed by atoms with Crippen molar-refractivity contribution in [2.45, 2.75) is 49.8 Å². The predicted molar refractivity (Wildman–Crippen MR) is 94.1 cm³/mol. The highest BCUT2D eigenvalue weighted by Gasteiger charge is 2.52. The molecule has 3 atom stereocenters. The van der Waals surface area contributed by atoms with Gasteiger partial charge in [-0.2, -0.15) is 0 Å². The van der Waals surface area contributed by atoms with Crippen LogP contribution in [0.25, 0.3) is 0 Å². The normalized spacial score (nSPS) is 24.5. The second-order valence-electron chi connectivity index (χ2n) is 6.51. The number of likely N-dealkylation sites (N-methyl/N-ethyl adjacent to an activating group) is 1. The first kappa shape index (κ1) is 20.4. The molecule has 142 valence electrons. The molecule has 0 aromatic heterocycles. The molecule has 1 fully saturated rings. The predicted octanol–water partition coefficient (Wildman–Crippen LogP) is 1.90. The molecule has 3 N–H and O–H groups in total. The molecule has 1 aliphatic rings. The summed E-state index contributed by atoms with van der Waals surface area (Å²) in [4.78, 5) is 37.1. The first-order valence-corrected chi connectivity index (χ1v) is 8.74. The van der Waals surface area contributed by atoms with Gasteiger partial charge in [0.25, 0.3) is 0 Å². The van der Waals surface area contributed by atoms with Crippen LogP contribution in [0.3, 0.4) is 0 Å². The van der Waals surface area contributed by atoms with Crippen molar-refractivity contribution in [1.82, 2.24) is 4.90 Å². The number of hydrogen-bond acceptors (Lipinski definition) is 5. The Balaban J connectivity index is 2.56. The molecular formula is C18H22ClNO6. The average molecular weight is 384 g/mol. The third-order valence-electron chi connectivity index (χ3n) is 5.03. The third-order valence-corrected chi connectivity index (χ3v) is 5.36. The molecule has 1 aromatic rings. The molecule has 1 aliphatic carbocycles. The number of aliphatic hydroxyl groups is 1. The number of halogens is 1. The maximum Gasteiger partial charge on any atom is 0.320 e. The van der Waals surface area contributed by atoms with Crippen molar-refractivity contribution < 1.29 is 29.7 Å². The van der Waals surface area contributed by atoms with Gasteiger partial charge in [-0.05, 0) is 44.4 Å². The van der Waals surface area contributed by atoms with Crippen LogP contribution in [0.4, 0.5) is 0 Å². The number of ketones is 1. The van der Waals surface area contributed by atoms with E-state index in [2.05, 4.69) is 0 Å². The first-order chi connectivity index (χ1) is 12.2. The van der Waals surface area contributed by atoms with Gasteiger partial charge in [0.15, 0.2) is 5.78 Å². The second-order valence-corrected chi connectivity index (χ2v) is 6.92. The molecule has 0 amide bonds. The van der Waals surface area contributed by atoms with Crippen LogP contribution < -0.4 is 0 Å². The van der Waals surface area contributed by atoms with Gasteiger partial charge in [-0.25, -0.2) is 0 Å². The molecule has 0 saturated heterocycles. The van der Waals surface area contributed by atoms with Crippen molar-refractivity contribution >= 4 is 29.3 Å². The van der Waals surface area contributed by atoms with Crippen LogP contribution in [0.2, 0.25) is 5.02 Å². The minimum Gasteiger partial charge on any atom is -0.481 e. The van der Waals surface area contributed by atoms with Crippen LogP contribution in [0, 0.1) is 0 Å². The lowest BCUT2D eigenvalue weighted by Crippen LogP contribution is -2.60. The third kappa shape index (κ3) is 3.75. The number of aliphatic carboxylic acids is 2. The summed E-state index contributed by atoms with van der Waals surface area (Å²) < 4.78 is 0. The Hall–Kier alpha value is -1.96. The van der Waals surface area contributed by atoms with Gasteiger partial charge in [-0.1, -0.05) is 29.8 Å². The molecule has 0 unspecified atom stereocenters. The van der Waals surface area contributed by atoms with Crippen LogP contribution in [-0.4, -0.2) is 57.1 Å². The summed E-state index contributed by atoms with van der Waals surface area (Å²) in [5.41, 5.74) is -0.994. The number of aliphatic hydroxyl groups excluding tert-OH is 1. The van der Waals surface area contributed by atoms with Gasteiger partial charge >= 0.3 is 11.9 Å². The number of rotatable bonds is 7. The highest BCUT2D eigenvalue weighted by atomic mass is 35.5. The highest BCUT2D eigenvalue weighted by molar-refractivity contribution is 6.31. The Morgan fingerprint density at radius 1 is 1.35 bits per heavy atom. The lowest BCUT2D eigenvalue weighted by atomic mass is 9.72. The lowest BCUT2D eigenvalue weighted by molar-refractivity contribution is -0.155. The van der Waals surface area contributed by atoms with Crippen molar-refractivity contribution in [1.29, 1.82) is 0 Å². The molecule has 1 aromatic carbocycles. The Morgan fingerprint density at radius 2 is 2.00 bits per heavy atom. The number of benzene rings is 1. The molecule has 1 saturated carbocycles. The quantitative estimate of drug-likeness (QED) is 0.658. The Bertz CT molecular complexity index is 709. The van der Waals surface area contributed by atoms with Gasteiger partial charge < -0.3 is 15.3 Å². The zero-order chi connectivity index (χ0) is 19.5. The minimum absolute atomic E-state index is 0.170. The molecule has 8 heteroatoms. The number of hydrogen-bond donors (Lipinski definition) is 3. The standard InChI is InChI=1S/C18H22ClNO6/c1-20(13(17(25)26)8-9-15(22)23)18(10-4-7-14(21)16(18)24)11-5-2-3-6-12(11)19/h2-3,5-6,13-14,21H,4,7-10H2,1H3,(H,22,23)(H,25,26)/t13-,14-,18+/m0/s1. The monoisotopic (exact) mass is 383 g/mol. The molecule has 0 aliphatic heterocycles. The van der Waals surface area contributed by atoms with Crippen molar-refractivity contribution in [2.75, 3.05) is 7.05 Å². The number of Topliss-reactive ketones (excluding diaryl/α,β-unsaturated/α-hetero) is 1. The fourth-order valence-corrected chi connectivity index (χ4v) is 3.99. The molecular weight excluding hydrogens is 362 g/mol. The van der Waals surface area contributed by atoms with Gasteiger partial charge in [-0.3, -0.25) is 19.3 Å². The van der Waals surface area contributed by atoms with Crippen LogP contribution in [0.1, 0.15) is 37.7 Å². The molecule has 0 bridgehead atoms. The van der Waals surface area contributed by atoms with E-state index < -0.39 is 35.4 Å². The Labute approximate surface area is 156 Å². The van der Waals surface area contributed by atoms with E-state index in [9.17, 15) is 24.6 Å². The van der Waals surface area contributed by atoms with Crippen LogP contribution in [0.5, 0.6) is 0 Å². The summed E-state index contributed by atoms with van der Waals surface area (Å²) >= 11 is 6.31. The second kappa shape index (κ2) is 8.16. The van der Waals surface area contributed by atoms with Gasteiger partial charge in [0.2, 0.25) is 0 Å². The van der Waals surface area contributed by atoms with E-state index >= 15 is 0 Å².